The number of aryl methyl sites for hydroxylation is 1. The molecule has 3 heteroatoms. The molecule has 0 amide bonds. The van der Waals surface area contributed by atoms with Gasteiger partial charge in [-0.05, 0) is 25.3 Å². The maximum absolute atomic E-state index is 10.2. The largest absolute Gasteiger partial charge is 0.492 e. The monoisotopic (exact) mass is 272 g/mol. The second kappa shape index (κ2) is 6.12. The summed E-state index contributed by atoms with van der Waals surface area (Å²) in [5, 5.41) is 14.5. The van der Waals surface area contributed by atoms with E-state index in [0.717, 1.165) is 36.2 Å². The van der Waals surface area contributed by atoms with Gasteiger partial charge < -0.3 is 5.11 Å². The lowest BCUT2D eigenvalue weighted by Gasteiger charge is -2.12. The second-order valence-electron chi connectivity index (χ2n) is 5.85. The van der Waals surface area contributed by atoms with Gasteiger partial charge >= 0.3 is 0 Å². The van der Waals surface area contributed by atoms with Crippen molar-refractivity contribution in [2.45, 2.75) is 47.1 Å². The Morgan fingerprint density at radius 3 is 2.65 bits per heavy atom. The molecule has 0 bridgehead atoms. The van der Waals surface area contributed by atoms with Crippen LogP contribution in [0.1, 0.15) is 38.3 Å². The molecular weight excluding hydrogens is 248 g/mol. The minimum Gasteiger partial charge on any atom is -0.492 e. The molecule has 0 unspecified atom stereocenters. The molecule has 108 valence electrons. The first-order valence-electron chi connectivity index (χ1n) is 7.38. The quantitative estimate of drug-likeness (QED) is 0.887. The van der Waals surface area contributed by atoms with Gasteiger partial charge in [0, 0.05) is 17.7 Å². The summed E-state index contributed by atoms with van der Waals surface area (Å²) in [6.07, 6.45) is 1.85. The van der Waals surface area contributed by atoms with Crippen molar-refractivity contribution >= 4 is 0 Å². The Balaban J connectivity index is 2.57. The van der Waals surface area contributed by atoms with Crippen molar-refractivity contribution in [2.24, 2.45) is 5.92 Å². The van der Waals surface area contributed by atoms with Crippen molar-refractivity contribution in [2.75, 3.05) is 0 Å². The van der Waals surface area contributed by atoms with E-state index in [1.54, 1.807) is 0 Å². The lowest BCUT2D eigenvalue weighted by atomic mass is 10.0. The first-order chi connectivity index (χ1) is 9.52. The molecular formula is C17H24N2O. The van der Waals surface area contributed by atoms with Gasteiger partial charge in [-0.2, -0.15) is 0 Å². The van der Waals surface area contributed by atoms with E-state index in [-0.39, 0.29) is 5.88 Å². The van der Waals surface area contributed by atoms with E-state index >= 15 is 0 Å². The highest BCUT2D eigenvalue weighted by atomic mass is 16.3. The summed E-state index contributed by atoms with van der Waals surface area (Å²) in [4.78, 5) is 0. The Morgan fingerprint density at radius 2 is 2.05 bits per heavy atom. The number of nitrogens with zero attached hydrogens (tertiary/aromatic N) is 2. The molecule has 0 aliphatic carbocycles. The lowest BCUT2D eigenvalue weighted by molar-refractivity contribution is 0.418. The van der Waals surface area contributed by atoms with E-state index in [4.69, 9.17) is 0 Å². The van der Waals surface area contributed by atoms with Gasteiger partial charge in [-0.1, -0.05) is 51.0 Å². The first kappa shape index (κ1) is 14.6. The number of benzene rings is 1. The second-order valence-corrected chi connectivity index (χ2v) is 5.85. The molecule has 0 spiro atoms. The number of rotatable bonds is 5. The zero-order chi connectivity index (χ0) is 14.7. The number of aromatic hydroxyl groups is 1. The third-order valence-corrected chi connectivity index (χ3v) is 3.36. The van der Waals surface area contributed by atoms with Crippen LogP contribution in [0.4, 0.5) is 0 Å². The molecule has 0 radical (unpaired) electrons. The standard InChI is InChI=1S/C17H24N2O/c1-5-7-15-16(14-9-6-8-13(4)10-14)19(11-12(2)3)18-17(15)20/h6,8-10,12H,5,7,11H2,1-4H3,(H,18,20). The Hall–Kier alpha value is -1.77. The summed E-state index contributed by atoms with van der Waals surface area (Å²) in [7, 11) is 0. The molecule has 1 aromatic carbocycles. The minimum atomic E-state index is 0.184. The molecule has 0 aliphatic heterocycles. The minimum absolute atomic E-state index is 0.184. The van der Waals surface area contributed by atoms with E-state index < -0.39 is 0 Å². The fraction of sp³-hybridized carbons (Fsp3) is 0.471. The average Bonchev–Trinajstić information content (AvgIpc) is 2.65. The average molecular weight is 272 g/mol. The topological polar surface area (TPSA) is 38.1 Å². The van der Waals surface area contributed by atoms with Crippen LogP contribution in [0.3, 0.4) is 0 Å². The van der Waals surface area contributed by atoms with Crippen LogP contribution in [0, 0.1) is 12.8 Å². The third kappa shape index (κ3) is 3.03. The van der Waals surface area contributed by atoms with Crippen LogP contribution in [-0.4, -0.2) is 14.9 Å². The van der Waals surface area contributed by atoms with Crippen LogP contribution >= 0.6 is 0 Å². The van der Waals surface area contributed by atoms with Crippen molar-refractivity contribution in [1.29, 1.82) is 0 Å². The Kier molecular flexibility index (Phi) is 4.48. The molecule has 0 saturated carbocycles. The van der Waals surface area contributed by atoms with Gasteiger partial charge in [-0.15, -0.1) is 5.10 Å². The van der Waals surface area contributed by atoms with Crippen LogP contribution in [0.25, 0.3) is 11.3 Å². The summed E-state index contributed by atoms with van der Waals surface area (Å²) in [5.41, 5.74) is 4.41. The van der Waals surface area contributed by atoms with Crippen molar-refractivity contribution < 1.29 is 5.11 Å². The zero-order valence-corrected chi connectivity index (χ0v) is 12.8. The summed E-state index contributed by atoms with van der Waals surface area (Å²) in [6.45, 7) is 9.36. The molecule has 1 heterocycles. The van der Waals surface area contributed by atoms with Crippen LogP contribution in [0.5, 0.6) is 5.88 Å². The van der Waals surface area contributed by atoms with Gasteiger partial charge in [-0.25, -0.2) is 0 Å². The van der Waals surface area contributed by atoms with Gasteiger partial charge in [0.2, 0.25) is 5.88 Å². The van der Waals surface area contributed by atoms with Crippen LogP contribution in [0.2, 0.25) is 0 Å². The van der Waals surface area contributed by atoms with Crippen molar-refractivity contribution in [3.05, 3.63) is 35.4 Å². The summed E-state index contributed by atoms with van der Waals surface area (Å²) < 4.78 is 1.96. The molecule has 1 aromatic heterocycles. The predicted molar refractivity (Wildman–Crippen MR) is 82.9 cm³/mol. The maximum Gasteiger partial charge on any atom is 0.234 e. The van der Waals surface area contributed by atoms with E-state index in [0.29, 0.717) is 5.92 Å². The fourth-order valence-corrected chi connectivity index (χ4v) is 2.56. The van der Waals surface area contributed by atoms with E-state index in [1.807, 2.05) is 4.68 Å². The van der Waals surface area contributed by atoms with E-state index in [9.17, 15) is 5.11 Å². The van der Waals surface area contributed by atoms with Crippen LogP contribution < -0.4 is 0 Å². The van der Waals surface area contributed by atoms with Crippen molar-refractivity contribution in [3.63, 3.8) is 0 Å². The molecule has 20 heavy (non-hydrogen) atoms. The fourth-order valence-electron chi connectivity index (χ4n) is 2.56. The summed E-state index contributed by atoms with van der Waals surface area (Å²) in [5.74, 6) is 0.677. The number of aromatic nitrogens is 2. The molecule has 2 rings (SSSR count). The van der Waals surface area contributed by atoms with Crippen LogP contribution in [-0.2, 0) is 13.0 Å². The smallest absolute Gasteiger partial charge is 0.234 e. The molecule has 2 aromatic rings. The normalized spacial score (nSPS) is 11.2. The number of hydrogen-bond donors (Lipinski definition) is 1. The molecule has 0 saturated heterocycles. The predicted octanol–water partition coefficient (Wildman–Crippen LogP) is 4.17. The SMILES string of the molecule is CCCc1c(O)nn(CC(C)C)c1-c1cccc(C)c1. The lowest BCUT2D eigenvalue weighted by Crippen LogP contribution is -2.08. The third-order valence-electron chi connectivity index (χ3n) is 3.36. The molecule has 0 aliphatic rings. The molecule has 1 N–H and O–H groups in total. The van der Waals surface area contributed by atoms with Crippen molar-refractivity contribution in [3.8, 4) is 17.1 Å². The van der Waals surface area contributed by atoms with Crippen molar-refractivity contribution in [1.82, 2.24) is 9.78 Å². The Morgan fingerprint density at radius 1 is 1.30 bits per heavy atom. The van der Waals surface area contributed by atoms with Gasteiger partial charge in [0.05, 0.1) is 5.69 Å². The Labute approximate surface area is 121 Å². The molecule has 3 nitrogen and oxygen atoms in total. The first-order valence-corrected chi connectivity index (χ1v) is 7.38. The highest BCUT2D eigenvalue weighted by Gasteiger charge is 2.18. The van der Waals surface area contributed by atoms with Gasteiger partial charge in [0.15, 0.2) is 0 Å². The van der Waals surface area contributed by atoms with Gasteiger partial charge in [0.25, 0.3) is 0 Å². The van der Waals surface area contributed by atoms with Gasteiger partial charge in [0.1, 0.15) is 0 Å². The molecule has 0 atom stereocenters. The van der Waals surface area contributed by atoms with E-state index in [1.165, 1.54) is 5.56 Å². The maximum atomic E-state index is 10.2. The number of hydrogen-bond acceptors (Lipinski definition) is 2. The molecule has 0 fully saturated rings. The zero-order valence-electron chi connectivity index (χ0n) is 12.8. The Bertz CT molecular complexity index is 585. The van der Waals surface area contributed by atoms with E-state index in [2.05, 4.69) is 57.1 Å². The van der Waals surface area contributed by atoms with Gasteiger partial charge in [-0.3, -0.25) is 4.68 Å². The highest BCUT2D eigenvalue weighted by Crippen LogP contribution is 2.32. The summed E-state index contributed by atoms with van der Waals surface area (Å²) >= 11 is 0. The highest BCUT2D eigenvalue weighted by molar-refractivity contribution is 5.66. The summed E-state index contributed by atoms with van der Waals surface area (Å²) in [6, 6.07) is 8.40. The van der Waals surface area contributed by atoms with Crippen LogP contribution in [0.15, 0.2) is 24.3 Å².